The number of aliphatic hydroxyl groups is 1. The molecule has 2 heteroatoms. The van der Waals surface area contributed by atoms with Gasteiger partial charge in [0, 0.05) is 6.54 Å². The van der Waals surface area contributed by atoms with Gasteiger partial charge in [-0.05, 0) is 17.0 Å². The van der Waals surface area contributed by atoms with Crippen LogP contribution in [0.5, 0.6) is 0 Å². The summed E-state index contributed by atoms with van der Waals surface area (Å²) >= 11 is 0. The monoisotopic (exact) mass is 269 g/mol. The summed E-state index contributed by atoms with van der Waals surface area (Å²) in [6.07, 6.45) is -0.402. The molecule has 0 heterocycles. The second kappa shape index (κ2) is 7.22. The molecule has 0 amide bonds. The highest BCUT2D eigenvalue weighted by Crippen LogP contribution is 2.22. The highest BCUT2D eigenvalue weighted by molar-refractivity contribution is 5.21. The zero-order chi connectivity index (χ0) is 14.4. The number of benzene rings is 2. The lowest BCUT2D eigenvalue weighted by Crippen LogP contribution is -2.34. The third kappa shape index (κ3) is 3.92. The van der Waals surface area contributed by atoms with Crippen LogP contribution in [-0.2, 0) is 6.54 Å². The largest absolute Gasteiger partial charge is 0.391 e. The van der Waals surface area contributed by atoms with E-state index in [4.69, 9.17) is 0 Å². The third-order valence-electron chi connectivity index (χ3n) is 3.55. The Morgan fingerprint density at radius 2 is 1.45 bits per heavy atom. The number of hydrogen-bond donors (Lipinski definition) is 2. The lowest BCUT2D eigenvalue weighted by molar-refractivity contribution is 0.0822. The molecule has 2 rings (SSSR count). The molecule has 2 atom stereocenters. The summed E-state index contributed by atoms with van der Waals surface area (Å²) in [7, 11) is 0. The smallest absolute Gasteiger partial charge is 0.0757 e. The minimum absolute atomic E-state index is 0.0450. The van der Waals surface area contributed by atoms with Gasteiger partial charge in [-0.3, -0.25) is 0 Å². The molecule has 0 saturated carbocycles. The second-order valence-corrected chi connectivity index (χ2v) is 5.49. The van der Waals surface area contributed by atoms with Crippen molar-refractivity contribution < 1.29 is 5.11 Å². The molecular formula is C18H23NO. The molecule has 0 aliphatic heterocycles. The van der Waals surface area contributed by atoms with Gasteiger partial charge < -0.3 is 10.4 Å². The van der Waals surface area contributed by atoms with Crippen molar-refractivity contribution in [2.75, 3.05) is 0 Å². The molecule has 0 unspecified atom stereocenters. The van der Waals surface area contributed by atoms with Crippen molar-refractivity contribution in [2.45, 2.75) is 32.5 Å². The molecule has 0 aliphatic carbocycles. The number of nitrogens with one attached hydrogen (secondary N) is 1. The number of hydrogen-bond acceptors (Lipinski definition) is 2. The van der Waals surface area contributed by atoms with Gasteiger partial charge in [-0.25, -0.2) is 0 Å². The van der Waals surface area contributed by atoms with E-state index in [1.165, 1.54) is 5.56 Å². The van der Waals surface area contributed by atoms with Gasteiger partial charge >= 0.3 is 0 Å². The average molecular weight is 269 g/mol. The molecule has 0 aromatic heterocycles. The first-order valence-electron chi connectivity index (χ1n) is 7.19. The molecule has 2 aromatic carbocycles. The average Bonchev–Trinajstić information content (AvgIpc) is 2.49. The standard InChI is InChI=1S/C18H23NO/c1-14(2)18(20)17(16-11-7-4-8-12-16)19-13-15-9-5-3-6-10-15/h3-12,14,17-20H,13H2,1-2H3/t17-,18-/m0/s1. The van der Waals surface area contributed by atoms with Crippen LogP contribution in [0.3, 0.4) is 0 Å². The molecule has 0 saturated heterocycles. The van der Waals surface area contributed by atoms with Crippen molar-refractivity contribution in [3.8, 4) is 0 Å². The van der Waals surface area contributed by atoms with E-state index in [0.717, 1.165) is 12.1 Å². The van der Waals surface area contributed by atoms with E-state index in [9.17, 15) is 5.11 Å². The molecule has 20 heavy (non-hydrogen) atoms. The predicted octanol–water partition coefficient (Wildman–Crippen LogP) is 3.53. The van der Waals surface area contributed by atoms with E-state index >= 15 is 0 Å². The van der Waals surface area contributed by atoms with Crippen LogP contribution in [-0.4, -0.2) is 11.2 Å². The number of rotatable bonds is 6. The fourth-order valence-corrected chi connectivity index (χ4v) is 2.30. The summed E-state index contributed by atoms with van der Waals surface area (Å²) in [5, 5.41) is 13.9. The quantitative estimate of drug-likeness (QED) is 0.840. The van der Waals surface area contributed by atoms with Crippen LogP contribution < -0.4 is 5.32 Å². The molecule has 0 aliphatic rings. The van der Waals surface area contributed by atoms with Crippen LogP contribution in [0.1, 0.15) is 31.0 Å². The molecule has 2 nitrogen and oxygen atoms in total. The fraction of sp³-hybridized carbons (Fsp3) is 0.333. The number of aliphatic hydroxyl groups excluding tert-OH is 1. The van der Waals surface area contributed by atoms with Crippen LogP contribution in [0.4, 0.5) is 0 Å². The van der Waals surface area contributed by atoms with Crippen molar-refractivity contribution in [1.82, 2.24) is 5.32 Å². The van der Waals surface area contributed by atoms with Gasteiger partial charge in [0.1, 0.15) is 0 Å². The molecule has 0 radical (unpaired) electrons. The molecule has 0 bridgehead atoms. The van der Waals surface area contributed by atoms with Crippen LogP contribution in [0.2, 0.25) is 0 Å². The third-order valence-corrected chi connectivity index (χ3v) is 3.55. The topological polar surface area (TPSA) is 32.3 Å². The van der Waals surface area contributed by atoms with Crippen LogP contribution in [0, 0.1) is 5.92 Å². The summed E-state index contributed by atoms with van der Waals surface area (Å²) in [6.45, 7) is 4.85. The summed E-state index contributed by atoms with van der Waals surface area (Å²) in [5.41, 5.74) is 2.36. The Morgan fingerprint density at radius 3 is 2.00 bits per heavy atom. The van der Waals surface area contributed by atoms with Crippen LogP contribution >= 0.6 is 0 Å². The van der Waals surface area contributed by atoms with E-state index in [-0.39, 0.29) is 12.0 Å². The van der Waals surface area contributed by atoms with E-state index in [0.29, 0.717) is 0 Å². The zero-order valence-corrected chi connectivity index (χ0v) is 12.2. The van der Waals surface area contributed by atoms with Gasteiger partial charge in [-0.1, -0.05) is 74.5 Å². The second-order valence-electron chi connectivity index (χ2n) is 5.49. The lowest BCUT2D eigenvalue weighted by atomic mass is 9.93. The van der Waals surface area contributed by atoms with Gasteiger partial charge in [-0.15, -0.1) is 0 Å². The van der Waals surface area contributed by atoms with Gasteiger partial charge in [0.05, 0.1) is 12.1 Å². The SMILES string of the molecule is CC(C)[C@H](O)[C@@H](NCc1ccccc1)c1ccccc1. The lowest BCUT2D eigenvalue weighted by Gasteiger charge is -2.27. The van der Waals surface area contributed by atoms with Gasteiger partial charge in [-0.2, -0.15) is 0 Å². The van der Waals surface area contributed by atoms with Crippen molar-refractivity contribution in [1.29, 1.82) is 0 Å². The Kier molecular flexibility index (Phi) is 5.33. The maximum Gasteiger partial charge on any atom is 0.0757 e. The van der Waals surface area contributed by atoms with E-state index < -0.39 is 6.10 Å². The highest BCUT2D eigenvalue weighted by Gasteiger charge is 2.23. The van der Waals surface area contributed by atoms with E-state index in [2.05, 4.69) is 29.6 Å². The molecule has 0 spiro atoms. The van der Waals surface area contributed by atoms with Crippen LogP contribution in [0.15, 0.2) is 60.7 Å². The molecule has 106 valence electrons. The predicted molar refractivity (Wildman–Crippen MR) is 83.3 cm³/mol. The zero-order valence-electron chi connectivity index (χ0n) is 12.2. The molecular weight excluding hydrogens is 246 g/mol. The molecule has 2 aromatic rings. The molecule has 2 N–H and O–H groups in total. The maximum atomic E-state index is 10.5. The fourth-order valence-electron chi connectivity index (χ4n) is 2.30. The Morgan fingerprint density at radius 1 is 0.900 bits per heavy atom. The minimum Gasteiger partial charge on any atom is -0.391 e. The maximum absolute atomic E-state index is 10.5. The van der Waals surface area contributed by atoms with Crippen molar-refractivity contribution in [3.05, 3.63) is 71.8 Å². The summed E-state index contributed by atoms with van der Waals surface area (Å²) < 4.78 is 0. The Labute approximate surface area is 121 Å². The first-order chi connectivity index (χ1) is 9.68. The highest BCUT2D eigenvalue weighted by atomic mass is 16.3. The summed E-state index contributed by atoms with van der Waals surface area (Å²) in [4.78, 5) is 0. The van der Waals surface area contributed by atoms with Gasteiger partial charge in [0.15, 0.2) is 0 Å². The van der Waals surface area contributed by atoms with Crippen molar-refractivity contribution >= 4 is 0 Å². The summed E-state index contributed by atoms with van der Waals surface area (Å²) in [5.74, 6) is 0.212. The Bertz CT molecular complexity index is 495. The first-order valence-corrected chi connectivity index (χ1v) is 7.19. The van der Waals surface area contributed by atoms with Gasteiger partial charge in [0.2, 0.25) is 0 Å². The first kappa shape index (κ1) is 14.8. The van der Waals surface area contributed by atoms with E-state index in [1.807, 2.05) is 50.2 Å². The van der Waals surface area contributed by atoms with Crippen molar-refractivity contribution in [3.63, 3.8) is 0 Å². The normalized spacial score (nSPS) is 14.2. The Hall–Kier alpha value is -1.64. The van der Waals surface area contributed by atoms with E-state index in [1.54, 1.807) is 0 Å². The van der Waals surface area contributed by atoms with Gasteiger partial charge in [0.25, 0.3) is 0 Å². The molecule has 0 fully saturated rings. The van der Waals surface area contributed by atoms with Crippen LogP contribution in [0.25, 0.3) is 0 Å². The minimum atomic E-state index is -0.402. The summed E-state index contributed by atoms with van der Waals surface area (Å²) in [6, 6.07) is 20.4. The van der Waals surface area contributed by atoms with Crippen molar-refractivity contribution in [2.24, 2.45) is 5.92 Å². The Balaban J connectivity index is 2.11.